The number of carbonyl (C=O) groups excluding carboxylic acids is 1. The second-order valence-electron chi connectivity index (χ2n) is 4.94. The van der Waals surface area contributed by atoms with Gasteiger partial charge in [-0.05, 0) is 19.6 Å². The quantitative estimate of drug-likeness (QED) is 0.698. The molecular weight excluding hydrogens is 224 g/mol. The summed E-state index contributed by atoms with van der Waals surface area (Å²) >= 11 is 4.06. The van der Waals surface area contributed by atoms with Gasteiger partial charge in [0.2, 0.25) is 5.91 Å². The average Bonchev–Trinajstić information content (AvgIpc) is 2.16. The Labute approximate surface area is 103 Å². The second-order valence-corrected chi connectivity index (χ2v) is 5.39. The molecule has 4 nitrogen and oxygen atoms in total. The first-order valence-corrected chi connectivity index (χ1v) is 6.39. The third-order valence-electron chi connectivity index (χ3n) is 2.66. The maximum absolute atomic E-state index is 11.6. The van der Waals surface area contributed by atoms with E-state index in [1.165, 1.54) is 0 Å². The van der Waals surface area contributed by atoms with Gasteiger partial charge in [-0.1, -0.05) is 0 Å². The van der Waals surface area contributed by atoms with E-state index in [0.29, 0.717) is 18.7 Å². The van der Waals surface area contributed by atoms with E-state index in [1.807, 2.05) is 18.7 Å². The van der Waals surface area contributed by atoms with Gasteiger partial charge in [-0.15, -0.1) is 0 Å². The maximum atomic E-state index is 11.6. The van der Waals surface area contributed by atoms with E-state index >= 15 is 0 Å². The van der Waals surface area contributed by atoms with Gasteiger partial charge in [-0.3, -0.25) is 9.69 Å². The van der Waals surface area contributed by atoms with Crippen molar-refractivity contribution in [3.63, 3.8) is 0 Å². The molecular formula is C11H22N2O2S. The van der Waals surface area contributed by atoms with Crippen molar-refractivity contribution in [1.29, 1.82) is 0 Å². The lowest BCUT2D eigenvalue weighted by molar-refractivity contribution is -0.132. The highest BCUT2D eigenvalue weighted by Crippen LogP contribution is 2.09. The summed E-state index contributed by atoms with van der Waals surface area (Å²) < 4.78 is 0. The lowest BCUT2D eigenvalue weighted by Crippen LogP contribution is -2.52. The standard InChI is InChI=1S/C11H22N2O2S/c1-11(2,15)9-12-4-6-13(7-5-12)10(14)3-8-16/h15-16H,3-9H2,1-2H3. The third kappa shape index (κ3) is 4.72. The molecule has 0 aromatic heterocycles. The van der Waals surface area contributed by atoms with Gasteiger partial charge >= 0.3 is 0 Å². The largest absolute Gasteiger partial charge is 0.389 e. The van der Waals surface area contributed by atoms with Crippen molar-refractivity contribution in [2.75, 3.05) is 38.5 Å². The van der Waals surface area contributed by atoms with E-state index in [1.54, 1.807) is 0 Å². The van der Waals surface area contributed by atoms with Crippen LogP contribution in [0.2, 0.25) is 0 Å². The predicted molar refractivity (Wildman–Crippen MR) is 67.8 cm³/mol. The lowest BCUT2D eigenvalue weighted by atomic mass is 10.1. The van der Waals surface area contributed by atoms with Gasteiger partial charge in [-0.2, -0.15) is 12.6 Å². The Morgan fingerprint density at radius 3 is 2.31 bits per heavy atom. The predicted octanol–water partition coefficient (Wildman–Crippen LogP) is 0.221. The van der Waals surface area contributed by atoms with Gasteiger partial charge in [0, 0.05) is 39.1 Å². The van der Waals surface area contributed by atoms with Gasteiger partial charge in [-0.25, -0.2) is 0 Å². The molecule has 94 valence electrons. The molecule has 0 aliphatic carbocycles. The zero-order chi connectivity index (χ0) is 12.2. The Balaban J connectivity index is 2.31. The van der Waals surface area contributed by atoms with Crippen LogP contribution in [0, 0.1) is 0 Å². The molecule has 16 heavy (non-hydrogen) atoms. The van der Waals surface area contributed by atoms with Crippen molar-refractivity contribution in [1.82, 2.24) is 9.80 Å². The highest BCUT2D eigenvalue weighted by atomic mass is 32.1. The first-order chi connectivity index (χ1) is 7.42. The molecule has 0 bridgehead atoms. The first kappa shape index (κ1) is 13.8. The molecule has 1 rings (SSSR count). The van der Waals surface area contributed by atoms with Crippen LogP contribution in [0.15, 0.2) is 0 Å². The molecule has 0 spiro atoms. The van der Waals surface area contributed by atoms with Crippen LogP contribution in [0.3, 0.4) is 0 Å². The first-order valence-electron chi connectivity index (χ1n) is 5.76. The van der Waals surface area contributed by atoms with Crippen molar-refractivity contribution in [3.8, 4) is 0 Å². The molecule has 1 fully saturated rings. The van der Waals surface area contributed by atoms with Crippen molar-refractivity contribution in [3.05, 3.63) is 0 Å². The van der Waals surface area contributed by atoms with Crippen molar-refractivity contribution >= 4 is 18.5 Å². The minimum atomic E-state index is -0.655. The van der Waals surface area contributed by atoms with Gasteiger partial charge < -0.3 is 10.0 Å². The van der Waals surface area contributed by atoms with Crippen LogP contribution in [-0.2, 0) is 4.79 Å². The molecule has 5 heteroatoms. The molecule has 0 aromatic carbocycles. The number of aliphatic hydroxyl groups is 1. The zero-order valence-electron chi connectivity index (χ0n) is 10.1. The number of hydrogen-bond acceptors (Lipinski definition) is 4. The van der Waals surface area contributed by atoms with Crippen LogP contribution in [0.4, 0.5) is 0 Å². The summed E-state index contributed by atoms with van der Waals surface area (Å²) in [6, 6.07) is 0. The fraction of sp³-hybridized carbons (Fsp3) is 0.909. The average molecular weight is 246 g/mol. The highest BCUT2D eigenvalue weighted by Gasteiger charge is 2.24. The van der Waals surface area contributed by atoms with E-state index in [0.717, 1.165) is 26.2 Å². The lowest BCUT2D eigenvalue weighted by Gasteiger charge is -2.37. The Kier molecular flexibility index (Phi) is 5.08. The van der Waals surface area contributed by atoms with E-state index in [2.05, 4.69) is 17.5 Å². The number of amides is 1. The summed E-state index contributed by atoms with van der Waals surface area (Å²) in [5.74, 6) is 0.806. The number of hydrogen-bond donors (Lipinski definition) is 2. The van der Waals surface area contributed by atoms with Crippen LogP contribution in [-0.4, -0.2) is 64.9 Å². The molecule has 1 aliphatic rings. The molecule has 1 aliphatic heterocycles. The molecule has 0 atom stereocenters. The van der Waals surface area contributed by atoms with E-state index in [9.17, 15) is 9.90 Å². The normalized spacial score (nSPS) is 18.9. The fourth-order valence-electron chi connectivity index (χ4n) is 1.96. The van der Waals surface area contributed by atoms with Crippen molar-refractivity contribution < 1.29 is 9.90 Å². The maximum Gasteiger partial charge on any atom is 0.223 e. The summed E-state index contributed by atoms with van der Waals surface area (Å²) in [6.07, 6.45) is 0.522. The summed E-state index contributed by atoms with van der Waals surface area (Å²) in [4.78, 5) is 15.7. The minimum absolute atomic E-state index is 0.193. The topological polar surface area (TPSA) is 43.8 Å². The summed E-state index contributed by atoms with van der Waals surface area (Å²) in [5.41, 5.74) is -0.655. The summed E-state index contributed by atoms with van der Waals surface area (Å²) in [6.45, 7) is 7.52. The number of β-amino-alcohol motifs (C(OH)–C–C–N with tert-alkyl or cyclic N) is 1. The van der Waals surface area contributed by atoms with Gasteiger partial charge in [0.05, 0.1) is 5.60 Å². The summed E-state index contributed by atoms with van der Waals surface area (Å²) in [7, 11) is 0. The molecule has 1 heterocycles. The van der Waals surface area contributed by atoms with Gasteiger partial charge in [0.25, 0.3) is 0 Å². The zero-order valence-corrected chi connectivity index (χ0v) is 11.0. The second kappa shape index (κ2) is 5.89. The Morgan fingerprint density at radius 2 is 1.88 bits per heavy atom. The number of nitrogens with zero attached hydrogens (tertiary/aromatic N) is 2. The van der Waals surface area contributed by atoms with Crippen molar-refractivity contribution in [2.24, 2.45) is 0 Å². The molecule has 1 saturated heterocycles. The number of carbonyl (C=O) groups is 1. The Bertz CT molecular complexity index is 233. The number of piperazine rings is 1. The molecule has 0 unspecified atom stereocenters. The SMILES string of the molecule is CC(C)(O)CN1CCN(C(=O)CCS)CC1. The van der Waals surface area contributed by atoms with E-state index in [-0.39, 0.29) is 5.91 Å². The minimum Gasteiger partial charge on any atom is -0.389 e. The van der Waals surface area contributed by atoms with Gasteiger partial charge in [0.1, 0.15) is 0 Å². The van der Waals surface area contributed by atoms with Crippen LogP contribution < -0.4 is 0 Å². The highest BCUT2D eigenvalue weighted by molar-refractivity contribution is 7.80. The van der Waals surface area contributed by atoms with Crippen LogP contribution in [0.1, 0.15) is 20.3 Å². The Hall–Kier alpha value is -0.260. The molecule has 0 radical (unpaired) electrons. The molecule has 1 amide bonds. The monoisotopic (exact) mass is 246 g/mol. The number of thiol groups is 1. The van der Waals surface area contributed by atoms with Crippen LogP contribution in [0.25, 0.3) is 0 Å². The van der Waals surface area contributed by atoms with Crippen LogP contribution in [0.5, 0.6) is 0 Å². The summed E-state index contributed by atoms with van der Waals surface area (Å²) in [5, 5.41) is 9.70. The molecule has 1 N–H and O–H groups in total. The number of rotatable bonds is 4. The van der Waals surface area contributed by atoms with E-state index in [4.69, 9.17) is 0 Å². The van der Waals surface area contributed by atoms with Crippen molar-refractivity contribution in [2.45, 2.75) is 25.9 Å². The van der Waals surface area contributed by atoms with E-state index < -0.39 is 5.60 Å². The molecule has 0 saturated carbocycles. The van der Waals surface area contributed by atoms with Crippen LogP contribution >= 0.6 is 12.6 Å². The Morgan fingerprint density at radius 1 is 1.31 bits per heavy atom. The third-order valence-corrected chi connectivity index (χ3v) is 2.88. The smallest absolute Gasteiger partial charge is 0.223 e. The molecule has 0 aromatic rings. The van der Waals surface area contributed by atoms with Gasteiger partial charge in [0.15, 0.2) is 0 Å². The fourth-order valence-corrected chi connectivity index (χ4v) is 2.15.